The van der Waals surface area contributed by atoms with Crippen LogP contribution in [0.3, 0.4) is 0 Å². The number of hydrogen-bond acceptors (Lipinski definition) is 3. The van der Waals surface area contributed by atoms with Crippen LogP contribution in [0.15, 0.2) is 36.4 Å². The van der Waals surface area contributed by atoms with Crippen LogP contribution in [0.25, 0.3) is 10.9 Å². The summed E-state index contributed by atoms with van der Waals surface area (Å²) in [6, 6.07) is 12.1. The van der Waals surface area contributed by atoms with E-state index in [0.29, 0.717) is 0 Å². The zero-order valence-electron chi connectivity index (χ0n) is 11.8. The van der Waals surface area contributed by atoms with Crippen LogP contribution in [-0.4, -0.2) is 23.3 Å². The number of hydrogen-bond donors (Lipinski definition) is 0. The van der Waals surface area contributed by atoms with Gasteiger partial charge in [-0.2, -0.15) is 0 Å². The molecule has 1 saturated heterocycles. The molecule has 4 heteroatoms. The molecule has 3 nitrogen and oxygen atoms in total. The van der Waals surface area contributed by atoms with Gasteiger partial charge in [0.1, 0.15) is 0 Å². The molecule has 0 radical (unpaired) electrons. The number of pyridine rings is 1. The predicted octanol–water partition coefficient (Wildman–Crippen LogP) is 2.53. The van der Waals surface area contributed by atoms with E-state index in [4.69, 9.17) is 9.31 Å². The molecule has 1 fully saturated rings. The Kier molecular flexibility index (Phi) is 2.70. The van der Waals surface area contributed by atoms with E-state index in [9.17, 15) is 0 Å². The Morgan fingerprint density at radius 2 is 1.53 bits per heavy atom. The number of rotatable bonds is 1. The maximum absolute atomic E-state index is 6.01. The molecule has 0 bridgehead atoms. The first-order valence-electron chi connectivity index (χ1n) is 6.60. The highest BCUT2D eigenvalue weighted by Crippen LogP contribution is 2.36. The lowest BCUT2D eigenvalue weighted by molar-refractivity contribution is 0.00578. The van der Waals surface area contributed by atoms with Crippen molar-refractivity contribution in [1.82, 2.24) is 4.98 Å². The third kappa shape index (κ3) is 2.05. The van der Waals surface area contributed by atoms with E-state index in [0.717, 1.165) is 16.5 Å². The molecule has 1 aliphatic rings. The van der Waals surface area contributed by atoms with Crippen LogP contribution in [0, 0.1) is 0 Å². The predicted molar refractivity (Wildman–Crippen MR) is 77.5 cm³/mol. The fourth-order valence-corrected chi connectivity index (χ4v) is 2.18. The average molecular weight is 255 g/mol. The molecule has 1 aromatic carbocycles. The molecule has 1 aromatic heterocycles. The van der Waals surface area contributed by atoms with Gasteiger partial charge in [-0.3, -0.25) is 4.98 Å². The number of fused-ring (bicyclic) bond motifs is 1. The van der Waals surface area contributed by atoms with Crippen molar-refractivity contribution in [1.29, 1.82) is 0 Å². The molecule has 0 aliphatic carbocycles. The summed E-state index contributed by atoms with van der Waals surface area (Å²) in [5.74, 6) is 0. The highest BCUT2D eigenvalue weighted by Gasteiger charge is 2.52. The van der Waals surface area contributed by atoms with Gasteiger partial charge in [-0.15, -0.1) is 0 Å². The zero-order valence-corrected chi connectivity index (χ0v) is 11.8. The van der Waals surface area contributed by atoms with Crippen LogP contribution in [-0.2, 0) is 9.31 Å². The quantitative estimate of drug-likeness (QED) is 0.734. The molecule has 0 amide bonds. The second kappa shape index (κ2) is 4.05. The SMILES string of the molecule is CC1(C)OB(c2ccc3ccccc3n2)OC1(C)C. The van der Waals surface area contributed by atoms with Gasteiger partial charge in [0.25, 0.3) is 0 Å². The monoisotopic (exact) mass is 255 g/mol. The number of benzene rings is 1. The first-order valence-corrected chi connectivity index (χ1v) is 6.60. The van der Waals surface area contributed by atoms with Crippen LogP contribution < -0.4 is 5.59 Å². The smallest absolute Gasteiger partial charge is 0.398 e. The fraction of sp³-hybridized carbons (Fsp3) is 0.400. The van der Waals surface area contributed by atoms with Crippen LogP contribution in [0.5, 0.6) is 0 Å². The van der Waals surface area contributed by atoms with Crippen molar-refractivity contribution in [3.05, 3.63) is 36.4 Å². The van der Waals surface area contributed by atoms with E-state index in [2.05, 4.69) is 17.1 Å². The van der Waals surface area contributed by atoms with Crippen molar-refractivity contribution in [2.75, 3.05) is 0 Å². The summed E-state index contributed by atoms with van der Waals surface area (Å²) < 4.78 is 12.0. The minimum absolute atomic E-state index is 0.328. The highest BCUT2D eigenvalue weighted by atomic mass is 16.7. The Hall–Kier alpha value is -1.39. The summed E-state index contributed by atoms with van der Waals surface area (Å²) >= 11 is 0. The minimum atomic E-state index is -0.394. The van der Waals surface area contributed by atoms with Crippen molar-refractivity contribution in [2.24, 2.45) is 0 Å². The number of aromatic nitrogens is 1. The molecule has 2 aromatic rings. The summed E-state index contributed by atoms with van der Waals surface area (Å²) in [6.45, 7) is 8.20. The van der Waals surface area contributed by atoms with E-state index in [-0.39, 0.29) is 11.2 Å². The molecule has 0 saturated carbocycles. The highest BCUT2D eigenvalue weighted by molar-refractivity contribution is 6.61. The Morgan fingerprint density at radius 3 is 2.21 bits per heavy atom. The Balaban J connectivity index is 1.98. The maximum atomic E-state index is 6.01. The van der Waals surface area contributed by atoms with Gasteiger partial charge in [0.2, 0.25) is 0 Å². The van der Waals surface area contributed by atoms with E-state index >= 15 is 0 Å². The molecular formula is C15H18BNO2. The molecule has 0 unspecified atom stereocenters. The first kappa shape index (κ1) is 12.6. The van der Waals surface area contributed by atoms with Crippen molar-refractivity contribution in [3.8, 4) is 0 Å². The van der Waals surface area contributed by atoms with Gasteiger partial charge in [-0.25, -0.2) is 0 Å². The molecular weight excluding hydrogens is 237 g/mol. The molecule has 3 rings (SSSR count). The Morgan fingerprint density at radius 1 is 0.895 bits per heavy atom. The lowest BCUT2D eigenvalue weighted by Gasteiger charge is -2.32. The van der Waals surface area contributed by atoms with Crippen molar-refractivity contribution < 1.29 is 9.31 Å². The minimum Gasteiger partial charge on any atom is -0.398 e. The molecule has 2 heterocycles. The maximum Gasteiger partial charge on any atom is 0.514 e. The van der Waals surface area contributed by atoms with Gasteiger partial charge in [-0.05, 0) is 39.8 Å². The Labute approximate surface area is 114 Å². The van der Waals surface area contributed by atoms with Crippen LogP contribution in [0.2, 0.25) is 0 Å². The van der Waals surface area contributed by atoms with Crippen molar-refractivity contribution in [2.45, 2.75) is 38.9 Å². The number of para-hydroxylation sites is 1. The normalized spacial score (nSPS) is 20.9. The van der Waals surface area contributed by atoms with Gasteiger partial charge in [0.05, 0.1) is 22.3 Å². The van der Waals surface area contributed by atoms with Gasteiger partial charge in [0, 0.05) is 5.39 Å². The van der Waals surface area contributed by atoms with E-state index < -0.39 is 7.12 Å². The topological polar surface area (TPSA) is 31.4 Å². The molecule has 0 atom stereocenters. The van der Waals surface area contributed by atoms with Crippen LogP contribution >= 0.6 is 0 Å². The lowest BCUT2D eigenvalue weighted by Crippen LogP contribution is -2.41. The summed E-state index contributed by atoms with van der Waals surface area (Å²) in [5, 5.41) is 1.13. The third-order valence-electron chi connectivity index (χ3n) is 4.11. The summed E-state index contributed by atoms with van der Waals surface area (Å²) in [7, 11) is -0.394. The van der Waals surface area contributed by atoms with E-state index in [1.165, 1.54) is 0 Å². The second-order valence-electron chi connectivity index (χ2n) is 6.02. The summed E-state index contributed by atoms with van der Waals surface area (Å²) in [5.41, 5.74) is 1.14. The van der Waals surface area contributed by atoms with Gasteiger partial charge < -0.3 is 9.31 Å². The van der Waals surface area contributed by atoms with Crippen LogP contribution in [0.1, 0.15) is 27.7 Å². The first-order chi connectivity index (χ1) is 8.89. The average Bonchev–Trinajstić information content (AvgIpc) is 2.58. The molecule has 98 valence electrons. The third-order valence-corrected chi connectivity index (χ3v) is 4.11. The summed E-state index contributed by atoms with van der Waals surface area (Å²) in [4.78, 5) is 4.64. The van der Waals surface area contributed by atoms with Gasteiger partial charge in [0.15, 0.2) is 0 Å². The fourth-order valence-electron chi connectivity index (χ4n) is 2.18. The van der Waals surface area contributed by atoms with Gasteiger partial charge >= 0.3 is 7.12 Å². The molecule has 0 spiro atoms. The van der Waals surface area contributed by atoms with Crippen molar-refractivity contribution >= 4 is 23.6 Å². The number of nitrogens with zero attached hydrogens (tertiary/aromatic N) is 1. The molecule has 0 N–H and O–H groups in total. The largest absolute Gasteiger partial charge is 0.514 e. The molecule has 1 aliphatic heterocycles. The van der Waals surface area contributed by atoms with E-state index in [1.807, 2.05) is 52.0 Å². The van der Waals surface area contributed by atoms with Gasteiger partial charge in [-0.1, -0.05) is 24.3 Å². The molecule has 19 heavy (non-hydrogen) atoms. The summed E-state index contributed by atoms with van der Waals surface area (Å²) in [6.07, 6.45) is 0. The van der Waals surface area contributed by atoms with E-state index in [1.54, 1.807) is 0 Å². The lowest BCUT2D eigenvalue weighted by atomic mass is 9.84. The Bertz CT molecular complexity index is 608. The van der Waals surface area contributed by atoms with Crippen LogP contribution in [0.4, 0.5) is 0 Å². The van der Waals surface area contributed by atoms with Crippen molar-refractivity contribution in [3.63, 3.8) is 0 Å². The zero-order chi connectivity index (χ0) is 13.7. The standard InChI is InChI=1S/C15H18BNO2/c1-14(2)15(3,4)19-16(18-14)13-10-9-11-7-5-6-8-12(11)17-13/h5-10H,1-4H3. The second-order valence-corrected chi connectivity index (χ2v) is 6.02.